The largest absolute Gasteiger partial charge is 0.573 e. The van der Waals surface area contributed by atoms with Crippen LogP contribution in [0, 0.1) is 0 Å². The Morgan fingerprint density at radius 1 is 0.865 bits per heavy atom. The van der Waals surface area contributed by atoms with Gasteiger partial charge in [-0.1, -0.05) is 66.7 Å². The number of aromatic carboxylic acids is 1. The number of fused-ring (bicyclic) bond motifs is 2. The van der Waals surface area contributed by atoms with E-state index in [2.05, 4.69) is 9.72 Å². The standard InChI is InChI=1S/C29H22F3NO4/c30-29(31,32)37-20-15-13-19(14-16-20)22-9-4-10-23-24(27(28(34)35)33-26(22)23)11-5-17-36-25-12-3-7-18-6-1-2-8-21(18)25/h1-4,6-10,12-16,33H,5,11,17H2,(H,34,35). The summed E-state index contributed by atoms with van der Waals surface area (Å²) in [5, 5.41) is 12.7. The topological polar surface area (TPSA) is 71.5 Å². The minimum absolute atomic E-state index is 0.0876. The SMILES string of the molecule is O=C(O)c1[nH]c2c(-c3ccc(OC(F)(F)F)cc3)cccc2c1CCCOc1cccc2ccccc12. The van der Waals surface area contributed by atoms with Gasteiger partial charge in [-0.2, -0.15) is 0 Å². The molecule has 0 spiro atoms. The molecule has 5 aromatic rings. The number of halogens is 3. The summed E-state index contributed by atoms with van der Waals surface area (Å²) in [7, 11) is 0. The highest BCUT2D eigenvalue weighted by atomic mass is 19.4. The second-order valence-corrected chi connectivity index (χ2v) is 8.51. The number of benzene rings is 4. The Morgan fingerprint density at radius 3 is 2.32 bits per heavy atom. The van der Waals surface area contributed by atoms with Crippen LogP contribution in [0.3, 0.4) is 0 Å². The van der Waals surface area contributed by atoms with Crippen LogP contribution in [-0.4, -0.2) is 29.0 Å². The predicted octanol–water partition coefficient (Wildman–Crippen LogP) is 7.60. The van der Waals surface area contributed by atoms with Crippen LogP contribution in [0.1, 0.15) is 22.5 Å². The van der Waals surface area contributed by atoms with E-state index in [9.17, 15) is 23.1 Å². The fourth-order valence-electron chi connectivity index (χ4n) is 4.55. The number of hydrogen-bond acceptors (Lipinski definition) is 3. The van der Waals surface area contributed by atoms with E-state index in [1.807, 2.05) is 48.5 Å². The summed E-state index contributed by atoms with van der Waals surface area (Å²) < 4.78 is 47.5. The summed E-state index contributed by atoms with van der Waals surface area (Å²) >= 11 is 0. The average molecular weight is 505 g/mol. The molecule has 0 fully saturated rings. The lowest BCUT2D eigenvalue weighted by molar-refractivity contribution is -0.274. The summed E-state index contributed by atoms with van der Waals surface area (Å²) in [6, 6.07) is 24.7. The molecule has 1 heterocycles. The molecule has 0 radical (unpaired) electrons. The van der Waals surface area contributed by atoms with Crippen molar-refractivity contribution in [3.63, 3.8) is 0 Å². The Labute approximate surface area is 210 Å². The maximum Gasteiger partial charge on any atom is 0.573 e. The predicted molar refractivity (Wildman–Crippen MR) is 135 cm³/mol. The number of carbonyl (C=O) groups is 1. The third kappa shape index (κ3) is 5.23. The van der Waals surface area contributed by atoms with E-state index in [0.717, 1.165) is 21.9 Å². The number of para-hydroxylation sites is 1. The first-order chi connectivity index (χ1) is 17.8. The molecule has 0 atom stereocenters. The van der Waals surface area contributed by atoms with Crippen LogP contribution in [0.2, 0.25) is 0 Å². The molecule has 8 heteroatoms. The fourth-order valence-corrected chi connectivity index (χ4v) is 4.55. The van der Waals surface area contributed by atoms with Crippen molar-refractivity contribution in [2.24, 2.45) is 0 Å². The van der Waals surface area contributed by atoms with Crippen molar-refractivity contribution in [2.75, 3.05) is 6.61 Å². The number of H-pyrrole nitrogens is 1. The molecule has 0 saturated heterocycles. The van der Waals surface area contributed by atoms with E-state index in [0.29, 0.717) is 41.7 Å². The summed E-state index contributed by atoms with van der Waals surface area (Å²) in [6.45, 7) is 0.403. The zero-order chi connectivity index (χ0) is 26.0. The second-order valence-electron chi connectivity index (χ2n) is 8.51. The molecular formula is C29H22F3NO4. The maximum atomic E-state index is 12.5. The van der Waals surface area contributed by atoms with E-state index in [1.165, 1.54) is 24.3 Å². The van der Waals surface area contributed by atoms with Gasteiger partial charge in [0, 0.05) is 16.3 Å². The Hall–Kier alpha value is -4.46. The molecule has 37 heavy (non-hydrogen) atoms. The zero-order valence-electron chi connectivity index (χ0n) is 19.5. The maximum absolute atomic E-state index is 12.5. The van der Waals surface area contributed by atoms with Gasteiger partial charge >= 0.3 is 12.3 Å². The number of carboxylic acids is 1. The Bertz CT molecular complexity index is 1570. The lowest BCUT2D eigenvalue weighted by Crippen LogP contribution is -2.16. The van der Waals surface area contributed by atoms with E-state index in [1.54, 1.807) is 12.1 Å². The minimum atomic E-state index is -4.77. The molecule has 5 nitrogen and oxygen atoms in total. The van der Waals surface area contributed by atoms with Crippen molar-refractivity contribution in [1.29, 1.82) is 0 Å². The third-order valence-electron chi connectivity index (χ3n) is 6.13. The molecule has 0 saturated carbocycles. The van der Waals surface area contributed by atoms with Crippen LogP contribution in [0.15, 0.2) is 84.9 Å². The number of hydrogen-bond donors (Lipinski definition) is 2. The highest BCUT2D eigenvalue weighted by molar-refractivity contribution is 6.03. The third-order valence-corrected chi connectivity index (χ3v) is 6.13. The molecule has 0 amide bonds. The molecule has 0 bridgehead atoms. The number of carboxylic acid groups (broad SMARTS) is 1. The average Bonchev–Trinajstić information content (AvgIpc) is 3.25. The number of aromatic amines is 1. The minimum Gasteiger partial charge on any atom is -0.493 e. The summed E-state index contributed by atoms with van der Waals surface area (Å²) in [5.41, 5.74) is 2.66. The number of alkyl halides is 3. The number of nitrogens with one attached hydrogen (secondary N) is 1. The first-order valence-electron chi connectivity index (χ1n) is 11.6. The van der Waals surface area contributed by atoms with Gasteiger partial charge in [0.2, 0.25) is 0 Å². The van der Waals surface area contributed by atoms with Gasteiger partial charge in [0.25, 0.3) is 0 Å². The van der Waals surface area contributed by atoms with Crippen molar-refractivity contribution in [3.05, 3.63) is 96.2 Å². The van der Waals surface area contributed by atoms with Gasteiger partial charge in [0.05, 0.1) is 12.1 Å². The molecular weight excluding hydrogens is 483 g/mol. The molecule has 2 N–H and O–H groups in total. The highest BCUT2D eigenvalue weighted by Crippen LogP contribution is 2.34. The van der Waals surface area contributed by atoms with Crippen molar-refractivity contribution >= 4 is 27.6 Å². The molecule has 5 rings (SSSR count). The Kier molecular flexibility index (Phi) is 6.48. The molecule has 0 aliphatic rings. The van der Waals surface area contributed by atoms with Crippen molar-refractivity contribution in [3.8, 4) is 22.6 Å². The van der Waals surface area contributed by atoms with Gasteiger partial charge < -0.3 is 19.6 Å². The smallest absolute Gasteiger partial charge is 0.493 e. The van der Waals surface area contributed by atoms with Crippen LogP contribution in [0.4, 0.5) is 13.2 Å². The van der Waals surface area contributed by atoms with E-state index >= 15 is 0 Å². The van der Waals surface area contributed by atoms with Crippen molar-refractivity contribution in [2.45, 2.75) is 19.2 Å². The van der Waals surface area contributed by atoms with Crippen LogP contribution in [0.5, 0.6) is 11.5 Å². The van der Waals surface area contributed by atoms with Gasteiger partial charge in [-0.25, -0.2) is 4.79 Å². The van der Waals surface area contributed by atoms with Gasteiger partial charge in [-0.15, -0.1) is 13.2 Å². The monoisotopic (exact) mass is 505 g/mol. The van der Waals surface area contributed by atoms with E-state index < -0.39 is 12.3 Å². The number of ether oxygens (including phenoxy) is 2. The van der Waals surface area contributed by atoms with Crippen LogP contribution in [-0.2, 0) is 6.42 Å². The first kappa shape index (κ1) is 24.2. The highest BCUT2D eigenvalue weighted by Gasteiger charge is 2.31. The number of aryl methyl sites for hydroxylation is 1. The second kappa shape index (κ2) is 9.89. The molecule has 188 valence electrons. The van der Waals surface area contributed by atoms with Gasteiger partial charge in [-0.05, 0) is 47.6 Å². The summed E-state index contributed by atoms with van der Waals surface area (Å²) in [4.78, 5) is 15.0. The fraction of sp³-hybridized carbons (Fsp3) is 0.138. The zero-order valence-corrected chi connectivity index (χ0v) is 19.5. The first-order valence-corrected chi connectivity index (χ1v) is 11.6. The van der Waals surface area contributed by atoms with Gasteiger partial charge in [0.15, 0.2) is 0 Å². The van der Waals surface area contributed by atoms with E-state index in [-0.39, 0.29) is 11.4 Å². The van der Waals surface area contributed by atoms with Crippen molar-refractivity contribution in [1.82, 2.24) is 4.98 Å². The van der Waals surface area contributed by atoms with Gasteiger partial charge in [-0.3, -0.25) is 0 Å². The number of aromatic nitrogens is 1. The Morgan fingerprint density at radius 2 is 1.57 bits per heavy atom. The van der Waals surface area contributed by atoms with Crippen molar-refractivity contribution < 1.29 is 32.5 Å². The molecule has 0 unspecified atom stereocenters. The van der Waals surface area contributed by atoms with Crippen LogP contribution >= 0.6 is 0 Å². The summed E-state index contributed by atoms with van der Waals surface area (Å²) in [6.07, 6.45) is -3.72. The lowest BCUT2D eigenvalue weighted by Gasteiger charge is -2.10. The summed E-state index contributed by atoms with van der Waals surface area (Å²) in [5.74, 6) is -0.634. The number of rotatable bonds is 8. The molecule has 0 aliphatic heterocycles. The molecule has 1 aromatic heterocycles. The van der Waals surface area contributed by atoms with Crippen LogP contribution in [0.25, 0.3) is 32.8 Å². The van der Waals surface area contributed by atoms with Crippen LogP contribution < -0.4 is 9.47 Å². The molecule has 4 aromatic carbocycles. The van der Waals surface area contributed by atoms with Gasteiger partial charge in [0.1, 0.15) is 17.2 Å². The Balaban J connectivity index is 1.38. The lowest BCUT2D eigenvalue weighted by atomic mass is 10.00. The molecule has 0 aliphatic carbocycles. The quantitative estimate of drug-likeness (QED) is 0.213. The normalized spacial score (nSPS) is 11.6. The van der Waals surface area contributed by atoms with E-state index in [4.69, 9.17) is 4.74 Å².